The number of aliphatic hydroxyl groups excluding tert-OH is 1. The number of alkyl halides is 1. The van der Waals surface area contributed by atoms with Crippen LogP contribution in [0.5, 0.6) is 0 Å². The van der Waals surface area contributed by atoms with Crippen molar-refractivity contribution in [2.75, 3.05) is 7.11 Å². The van der Waals surface area contributed by atoms with E-state index in [1.807, 2.05) is 0 Å². The molecule has 0 bridgehead atoms. The highest BCUT2D eigenvalue weighted by atomic mass is 35.5. The Labute approximate surface area is 45.8 Å². The fraction of sp³-hybridized carbons (Fsp3) is 0.667. The van der Waals surface area contributed by atoms with Crippen LogP contribution in [-0.2, 0) is 9.53 Å². The molecule has 0 radical (unpaired) electrons. The van der Waals surface area contributed by atoms with Crippen LogP contribution < -0.4 is 0 Å². The molecule has 0 aromatic rings. The number of halogens is 1. The number of rotatable bonds is 1. The zero-order valence-electron chi connectivity index (χ0n) is 3.72. The van der Waals surface area contributed by atoms with E-state index in [9.17, 15) is 4.79 Å². The predicted molar refractivity (Wildman–Crippen MR) is 23.9 cm³/mol. The summed E-state index contributed by atoms with van der Waals surface area (Å²) in [7, 11) is 1.15. The fourth-order valence-electron chi connectivity index (χ4n) is 0.0972. The molecule has 1 unspecified atom stereocenters. The van der Waals surface area contributed by atoms with E-state index < -0.39 is 11.5 Å². The van der Waals surface area contributed by atoms with Gasteiger partial charge in [-0.1, -0.05) is 11.6 Å². The number of esters is 1. The standard InChI is InChI=1S/C3H5ClO3/c1-7-3(6)2(4)5/h2,5H,1H3. The third-order valence-corrected chi connectivity index (χ3v) is 0.574. The van der Waals surface area contributed by atoms with Gasteiger partial charge < -0.3 is 9.84 Å². The average Bonchev–Trinajstić information content (AvgIpc) is 1.65. The minimum atomic E-state index is -1.52. The van der Waals surface area contributed by atoms with Crippen LogP contribution in [0.3, 0.4) is 0 Å². The lowest BCUT2D eigenvalue weighted by molar-refractivity contribution is -0.146. The van der Waals surface area contributed by atoms with Gasteiger partial charge in [0.15, 0.2) is 0 Å². The average molecular weight is 125 g/mol. The Bertz CT molecular complexity index is 70.6. The van der Waals surface area contributed by atoms with Gasteiger partial charge in [0.25, 0.3) is 0 Å². The van der Waals surface area contributed by atoms with E-state index in [-0.39, 0.29) is 0 Å². The molecular weight excluding hydrogens is 119 g/mol. The van der Waals surface area contributed by atoms with Crippen LogP contribution >= 0.6 is 11.6 Å². The Hall–Kier alpha value is -0.280. The molecule has 42 valence electrons. The fourth-order valence-corrected chi connectivity index (χ4v) is 0.186. The van der Waals surface area contributed by atoms with Gasteiger partial charge in [0, 0.05) is 0 Å². The summed E-state index contributed by atoms with van der Waals surface area (Å²) in [4.78, 5) is 9.91. The molecule has 0 saturated carbocycles. The number of methoxy groups -OCH3 is 1. The third-order valence-electron chi connectivity index (χ3n) is 0.396. The monoisotopic (exact) mass is 124 g/mol. The molecule has 0 amide bonds. The third kappa shape index (κ3) is 2.42. The Morgan fingerprint density at radius 2 is 2.43 bits per heavy atom. The van der Waals surface area contributed by atoms with Crippen LogP contribution in [0.25, 0.3) is 0 Å². The lowest BCUT2D eigenvalue weighted by Gasteiger charge is -1.95. The summed E-state index contributed by atoms with van der Waals surface area (Å²) in [6.45, 7) is 0. The van der Waals surface area contributed by atoms with Gasteiger partial charge in [-0.2, -0.15) is 0 Å². The van der Waals surface area contributed by atoms with Crippen LogP contribution in [0, 0.1) is 0 Å². The predicted octanol–water partition coefficient (Wildman–Crippen LogP) is -0.283. The molecule has 0 saturated heterocycles. The smallest absolute Gasteiger partial charge is 0.350 e. The zero-order chi connectivity index (χ0) is 5.86. The van der Waals surface area contributed by atoms with E-state index in [0.29, 0.717) is 0 Å². The second-order valence-corrected chi connectivity index (χ2v) is 1.27. The lowest BCUT2D eigenvalue weighted by Crippen LogP contribution is -2.14. The highest BCUT2D eigenvalue weighted by molar-refractivity contribution is 6.28. The molecule has 1 atom stereocenters. The molecule has 0 aromatic carbocycles. The van der Waals surface area contributed by atoms with E-state index in [1.165, 1.54) is 0 Å². The summed E-state index contributed by atoms with van der Waals surface area (Å²) in [5, 5.41) is 8.11. The van der Waals surface area contributed by atoms with Gasteiger partial charge in [-0.15, -0.1) is 0 Å². The van der Waals surface area contributed by atoms with Crippen LogP contribution in [0.4, 0.5) is 0 Å². The summed E-state index contributed by atoms with van der Waals surface area (Å²) in [5.41, 5.74) is -1.52. The maximum Gasteiger partial charge on any atom is 0.350 e. The summed E-state index contributed by atoms with van der Waals surface area (Å²) in [6.07, 6.45) is 0. The van der Waals surface area contributed by atoms with Crippen molar-refractivity contribution < 1.29 is 14.6 Å². The number of ether oxygens (including phenoxy) is 1. The summed E-state index contributed by atoms with van der Waals surface area (Å²) < 4.78 is 3.99. The quantitative estimate of drug-likeness (QED) is 0.386. The molecule has 0 fully saturated rings. The van der Waals surface area contributed by atoms with Crippen molar-refractivity contribution in [3.05, 3.63) is 0 Å². The first kappa shape index (κ1) is 6.72. The number of carbonyl (C=O) groups is 1. The van der Waals surface area contributed by atoms with Crippen LogP contribution in [0.1, 0.15) is 0 Å². The first-order chi connectivity index (χ1) is 3.18. The second-order valence-electron chi connectivity index (χ2n) is 0.859. The molecule has 3 nitrogen and oxygen atoms in total. The van der Waals surface area contributed by atoms with E-state index in [4.69, 9.17) is 16.7 Å². The number of hydrogen-bond donors (Lipinski definition) is 1. The minimum absolute atomic E-state index is 0.832. The molecule has 0 heterocycles. The van der Waals surface area contributed by atoms with Crippen LogP contribution in [-0.4, -0.2) is 23.7 Å². The summed E-state index contributed by atoms with van der Waals surface area (Å²) in [5.74, 6) is -0.832. The number of carbonyl (C=O) groups excluding carboxylic acids is 1. The molecule has 7 heavy (non-hydrogen) atoms. The van der Waals surface area contributed by atoms with Crippen molar-refractivity contribution in [2.45, 2.75) is 5.56 Å². The molecule has 4 heteroatoms. The highest BCUT2D eigenvalue weighted by Crippen LogP contribution is 1.89. The summed E-state index contributed by atoms with van der Waals surface area (Å²) in [6, 6.07) is 0. The Balaban J connectivity index is 3.35. The van der Waals surface area contributed by atoms with Crippen LogP contribution in [0.15, 0.2) is 0 Å². The van der Waals surface area contributed by atoms with Crippen molar-refractivity contribution >= 4 is 17.6 Å². The molecule has 0 rings (SSSR count). The van der Waals surface area contributed by atoms with Crippen LogP contribution in [0.2, 0.25) is 0 Å². The lowest BCUT2D eigenvalue weighted by atomic mass is 10.7. The largest absolute Gasteiger partial charge is 0.466 e. The van der Waals surface area contributed by atoms with Crippen molar-refractivity contribution in [3.8, 4) is 0 Å². The van der Waals surface area contributed by atoms with E-state index in [0.717, 1.165) is 7.11 Å². The van der Waals surface area contributed by atoms with Gasteiger partial charge in [-0.05, 0) is 0 Å². The zero-order valence-corrected chi connectivity index (χ0v) is 4.47. The molecule has 0 aliphatic rings. The first-order valence-electron chi connectivity index (χ1n) is 1.58. The number of hydrogen-bond acceptors (Lipinski definition) is 3. The van der Waals surface area contributed by atoms with Crippen molar-refractivity contribution in [2.24, 2.45) is 0 Å². The van der Waals surface area contributed by atoms with Gasteiger partial charge in [-0.25, -0.2) is 4.79 Å². The molecule has 0 aliphatic heterocycles. The van der Waals surface area contributed by atoms with E-state index in [1.54, 1.807) is 0 Å². The van der Waals surface area contributed by atoms with Crippen molar-refractivity contribution in [1.29, 1.82) is 0 Å². The maximum atomic E-state index is 9.91. The van der Waals surface area contributed by atoms with E-state index >= 15 is 0 Å². The Kier molecular flexibility index (Phi) is 2.71. The van der Waals surface area contributed by atoms with Gasteiger partial charge in [0.2, 0.25) is 5.56 Å². The molecule has 0 aliphatic carbocycles. The van der Waals surface area contributed by atoms with Gasteiger partial charge in [0.05, 0.1) is 7.11 Å². The molecule has 0 aromatic heterocycles. The molecule has 0 spiro atoms. The molecular formula is C3H5ClO3. The second kappa shape index (κ2) is 2.82. The van der Waals surface area contributed by atoms with Gasteiger partial charge in [-0.3, -0.25) is 0 Å². The summed E-state index contributed by atoms with van der Waals surface area (Å²) >= 11 is 4.81. The van der Waals surface area contributed by atoms with Crippen molar-refractivity contribution in [3.63, 3.8) is 0 Å². The highest BCUT2D eigenvalue weighted by Gasteiger charge is 2.08. The first-order valence-corrected chi connectivity index (χ1v) is 2.02. The minimum Gasteiger partial charge on any atom is -0.466 e. The maximum absolute atomic E-state index is 9.91. The van der Waals surface area contributed by atoms with Gasteiger partial charge in [0.1, 0.15) is 0 Å². The van der Waals surface area contributed by atoms with Gasteiger partial charge >= 0.3 is 5.97 Å². The number of aliphatic hydroxyl groups is 1. The van der Waals surface area contributed by atoms with Crippen molar-refractivity contribution in [1.82, 2.24) is 0 Å². The van der Waals surface area contributed by atoms with E-state index in [2.05, 4.69) is 4.74 Å². The Morgan fingerprint density at radius 1 is 2.00 bits per heavy atom. The Morgan fingerprint density at radius 3 is 2.43 bits per heavy atom. The molecule has 1 N–H and O–H groups in total. The topological polar surface area (TPSA) is 46.5 Å². The SMILES string of the molecule is COC(=O)C(O)Cl. The normalized spacial score (nSPS) is 13.0.